The number of Topliss-reactive ketones (excluding diaryl/α,β-unsaturated/α-hetero) is 1. The largest absolute Gasteiger partial charge is 0.495 e. The van der Waals surface area contributed by atoms with Crippen LogP contribution in [0.3, 0.4) is 0 Å². The third-order valence-electron chi connectivity index (χ3n) is 8.21. The molecule has 5 rings (SSSR count). The first-order valence-corrected chi connectivity index (χ1v) is 21.1. The van der Waals surface area contributed by atoms with Gasteiger partial charge in [-0.3, -0.25) is 13.8 Å². The Hall–Kier alpha value is -4.99. The number of benzene rings is 3. The van der Waals surface area contributed by atoms with E-state index in [1.54, 1.807) is 72.9 Å². The molecule has 57 heavy (non-hydrogen) atoms. The molecule has 0 bridgehead atoms. The Kier molecular flexibility index (Phi) is 12.8. The molecule has 0 spiro atoms. The summed E-state index contributed by atoms with van der Waals surface area (Å²) in [4.78, 5) is 32.3. The number of amides is 1. The van der Waals surface area contributed by atoms with Gasteiger partial charge in [-0.05, 0) is 94.6 Å². The van der Waals surface area contributed by atoms with Crippen molar-refractivity contribution in [2.75, 3.05) is 25.1 Å². The molecule has 0 saturated carbocycles. The zero-order valence-electron chi connectivity index (χ0n) is 33.2. The average Bonchev–Trinajstić information content (AvgIpc) is 3.53. The summed E-state index contributed by atoms with van der Waals surface area (Å²) in [5.74, 6) is -0.956. The predicted octanol–water partition coefficient (Wildman–Crippen LogP) is 8.85. The van der Waals surface area contributed by atoms with Crippen molar-refractivity contribution >= 4 is 46.8 Å². The number of carbonyl (C=O) groups excluding carboxylic acids is 2. The Balaban J connectivity index is 1.43. The number of rotatable bonds is 14. The number of aromatic nitrogens is 3. The van der Waals surface area contributed by atoms with Gasteiger partial charge in [0.05, 0.1) is 28.9 Å². The molecular formula is C40H46FN4O10PS. The summed E-state index contributed by atoms with van der Waals surface area (Å²) in [6.07, 6.45) is 1.84. The van der Waals surface area contributed by atoms with E-state index in [4.69, 9.17) is 23.0 Å². The molecule has 17 heteroatoms. The van der Waals surface area contributed by atoms with Crippen LogP contribution >= 0.6 is 7.82 Å². The van der Waals surface area contributed by atoms with E-state index in [2.05, 4.69) is 10.1 Å². The number of ketones is 1. The Labute approximate surface area is 331 Å². The van der Waals surface area contributed by atoms with Crippen LogP contribution < -0.4 is 9.64 Å². The number of fused-ring (bicyclic) bond motifs is 1. The summed E-state index contributed by atoms with van der Waals surface area (Å²) in [5, 5.41) is 4.55. The number of phosphoric ester groups is 1. The number of anilines is 2. The van der Waals surface area contributed by atoms with Gasteiger partial charge in [0, 0.05) is 36.4 Å². The fourth-order valence-corrected chi connectivity index (χ4v) is 7.86. The van der Waals surface area contributed by atoms with Crippen molar-refractivity contribution in [1.82, 2.24) is 14.6 Å². The van der Waals surface area contributed by atoms with E-state index < -0.39 is 47.7 Å². The number of pyridine rings is 1. The summed E-state index contributed by atoms with van der Waals surface area (Å²) in [6.45, 7) is 10.9. The van der Waals surface area contributed by atoms with Crippen LogP contribution in [0, 0.1) is 5.82 Å². The highest BCUT2D eigenvalue weighted by molar-refractivity contribution is 7.90. The van der Waals surface area contributed by atoms with Crippen molar-refractivity contribution in [3.63, 3.8) is 0 Å². The lowest BCUT2D eigenvalue weighted by Gasteiger charge is -2.30. The maximum Gasteiger partial charge on any atom is 0.478 e. The van der Waals surface area contributed by atoms with Gasteiger partial charge < -0.3 is 9.47 Å². The van der Waals surface area contributed by atoms with Gasteiger partial charge in [-0.2, -0.15) is 4.98 Å². The molecule has 0 unspecified atom stereocenters. The van der Waals surface area contributed by atoms with Crippen LogP contribution in [0.1, 0.15) is 65.5 Å². The van der Waals surface area contributed by atoms with E-state index in [0.717, 1.165) is 33.4 Å². The highest BCUT2D eigenvalue weighted by Crippen LogP contribution is 2.55. The van der Waals surface area contributed by atoms with Gasteiger partial charge in [-0.15, -0.1) is 5.10 Å². The molecule has 304 valence electrons. The van der Waals surface area contributed by atoms with Crippen LogP contribution in [0.4, 0.5) is 20.8 Å². The molecule has 0 N–H and O–H groups in total. The lowest BCUT2D eigenvalue weighted by Crippen LogP contribution is -2.30. The van der Waals surface area contributed by atoms with Crippen LogP contribution in [0.25, 0.3) is 16.8 Å². The highest BCUT2D eigenvalue weighted by atomic mass is 32.2. The number of nitrogens with zero attached hydrogens (tertiary/aromatic N) is 4. The van der Waals surface area contributed by atoms with Gasteiger partial charge in [0.2, 0.25) is 6.79 Å². The van der Waals surface area contributed by atoms with Gasteiger partial charge in [0.1, 0.15) is 17.3 Å². The number of hydrogen-bond acceptors (Lipinski definition) is 12. The molecule has 0 saturated heterocycles. The highest BCUT2D eigenvalue weighted by Gasteiger charge is 2.38. The van der Waals surface area contributed by atoms with Crippen molar-refractivity contribution in [2.45, 2.75) is 76.9 Å². The van der Waals surface area contributed by atoms with Gasteiger partial charge in [-0.25, -0.2) is 36.1 Å². The van der Waals surface area contributed by atoms with Gasteiger partial charge in [0.25, 0.3) is 5.95 Å². The smallest absolute Gasteiger partial charge is 0.478 e. The second-order valence-corrected chi connectivity index (χ2v) is 18.7. The number of carbonyl (C=O) groups is 2. The molecule has 0 aliphatic rings. The number of ether oxygens (including phenoxy) is 2. The summed E-state index contributed by atoms with van der Waals surface area (Å²) < 4.78 is 80.7. The van der Waals surface area contributed by atoms with E-state index in [1.807, 2.05) is 30.3 Å². The molecule has 0 aliphatic carbocycles. The van der Waals surface area contributed by atoms with Gasteiger partial charge in [-0.1, -0.05) is 43.3 Å². The molecule has 1 amide bonds. The molecule has 14 nitrogen and oxygen atoms in total. The molecule has 2 aromatic heterocycles. The third-order valence-corrected chi connectivity index (χ3v) is 11.3. The topological polar surface area (TPSA) is 165 Å². The van der Waals surface area contributed by atoms with Crippen molar-refractivity contribution in [1.29, 1.82) is 0 Å². The molecule has 3 aromatic carbocycles. The molecule has 0 fully saturated rings. The van der Waals surface area contributed by atoms with Crippen LogP contribution in [0.5, 0.6) is 5.75 Å². The second kappa shape index (κ2) is 16.9. The molecule has 2 heterocycles. The van der Waals surface area contributed by atoms with E-state index in [-0.39, 0.29) is 40.3 Å². The maximum atomic E-state index is 13.9. The van der Waals surface area contributed by atoms with Crippen molar-refractivity contribution in [3.8, 4) is 16.9 Å². The zero-order chi connectivity index (χ0) is 41.9. The lowest BCUT2D eigenvalue weighted by molar-refractivity contribution is -0.119. The predicted molar refractivity (Wildman–Crippen MR) is 212 cm³/mol. The van der Waals surface area contributed by atoms with Gasteiger partial charge >= 0.3 is 13.9 Å². The minimum absolute atomic E-state index is 0.00588. The first-order chi connectivity index (χ1) is 26.5. The number of methoxy groups -OCH3 is 1. The third kappa shape index (κ3) is 11.3. The van der Waals surface area contributed by atoms with Crippen molar-refractivity contribution in [2.24, 2.45) is 0 Å². The fourth-order valence-electron chi connectivity index (χ4n) is 5.55. The molecule has 0 radical (unpaired) electrons. The van der Waals surface area contributed by atoms with Crippen molar-refractivity contribution in [3.05, 3.63) is 102 Å². The lowest BCUT2D eigenvalue weighted by atomic mass is 9.92. The zero-order valence-corrected chi connectivity index (χ0v) is 34.9. The Bertz CT molecular complexity index is 2390. The second-order valence-electron chi connectivity index (χ2n) is 15.2. The van der Waals surface area contributed by atoms with Gasteiger partial charge in [0.15, 0.2) is 15.5 Å². The molecule has 0 aliphatic heterocycles. The summed E-state index contributed by atoms with van der Waals surface area (Å²) in [7, 11) is -6.63. The monoisotopic (exact) mass is 824 g/mol. The Morgan fingerprint density at radius 2 is 1.51 bits per heavy atom. The number of sulfone groups is 1. The normalized spacial score (nSPS) is 13.0. The van der Waals surface area contributed by atoms with Crippen LogP contribution in [0.15, 0.2) is 90.0 Å². The molecule has 1 atom stereocenters. The average molecular weight is 825 g/mol. The van der Waals surface area contributed by atoms with E-state index >= 15 is 0 Å². The number of phosphoric acid groups is 1. The SMILES string of the molecule is COc1cc(S(C)(=O)=O)ccc1N(C(=O)OCOP(=O)(OC(C)(C)C)OC(C)(C)C)c1nc2ccc(-c3ccc(CC(=O)[C@H](C)c4ccc(F)cc4)cc3)cn2n1. The van der Waals surface area contributed by atoms with E-state index in [1.165, 1.54) is 42.0 Å². The Morgan fingerprint density at radius 3 is 2.09 bits per heavy atom. The van der Waals surface area contributed by atoms with Crippen LogP contribution in [-0.2, 0) is 43.9 Å². The molecular weight excluding hydrogens is 778 g/mol. The summed E-state index contributed by atoms with van der Waals surface area (Å²) in [6, 6.07) is 20.7. The first-order valence-electron chi connectivity index (χ1n) is 17.8. The van der Waals surface area contributed by atoms with Crippen LogP contribution in [-0.4, -0.2) is 66.3 Å². The Morgan fingerprint density at radius 1 is 0.895 bits per heavy atom. The summed E-state index contributed by atoms with van der Waals surface area (Å²) in [5.41, 5.74) is 1.57. The quantitative estimate of drug-likeness (QED) is 0.0773. The van der Waals surface area contributed by atoms with Crippen LogP contribution in [0.2, 0.25) is 0 Å². The minimum atomic E-state index is -4.27. The van der Waals surface area contributed by atoms with E-state index in [0.29, 0.717) is 5.65 Å². The number of halogens is 1. The molecule has 5 aromatic rings. The van der Waals surface area contributed by atoms with E-state index in [9.17, 15) is 27.0 Å². The maximum absolute atomic E-state index is 13.9. The summed E-state index contributed by atoms with van der Waals surface area (Å²) >= 11 is 0. The number of hydrogen-bond donors (Lipinski definition) is 0. The first kappa shape index (κ1) is 43.1. The van der Waals surface area contributed by atoms with Crippen molar-refractivity contribution < 1.29 is 50.0 Å². The fraction of sp³-hybridized carbons (Fsp3) is 0.350. The standard InChI is InChI=1S/C40H46FN4O10PS/c1-26(28-14-17-31(41)18-15-28)34(46)22-27-10-12-29(13-11-27)30-16-21-36-42-37(43-44(36)24-30)45(33-20-19-32(57(9,49)50)23-35(33)51-8)38(47)52-25-53-56(48,54-39(2,3)4)55-40(5,6)7/h10-21,23-24,26H,22,25H2,1-9H3/t26-/m1/s1. The minimum Gasteiger partial charge on any atom is -0.495 e.